The van der Waals surface area contributed by atoms with Gasteiger partial charge >= 0.3 is 0 Å². The van der Waals surface area contributed by atoms with Crippen molar-refractivity contribution < 1.29 is 14.3 Å². The fourth-order valence-corrected chi connectivity index (χ4v) is 2.31. The Morgan fingerprint density at radius 3 is 2.60 bits per heavy atom. The van der Waals surface area contributed by atoms with E-state index in [0.717, 1.165) is 25.9 Å². The molecule has 2 saturated heterocycles. The summed E-state index contributed by atoms with van der Waals surface area (Å²) in [6, 6.07) is 0. The quantitative estimate of drug-likeness (QED) is 0.666. The van der Waals surface area contributed by atoms with E-state index >= 15 is 0 Å². The van der Waals surface area contributed by atoms with Crippen molar-refractivity contribution >= 4 is 21.8 Å². The molecule has 2 heterocycles. The molecule has 0 aromatic rings. The molecule has 0 N–H and O–H groups in total. The molecule has 0 aromatic carbocycles. The van der Waals surface area contributed by atoms with Gasteiger partial charge in [0.2, 0.25) is 0 Å². The van der Waals surface area contributed by atoms with E-state index < -0.39 is 0 Å². The minimum atomic E-state index is -0.370. The number of carbonyl (C=O) groups excluding carboxylic acids is 1. The van der Waals surface area contributed by atoms with E-state index in [1.165, 1.54) is 0 Å². The van der Waals surface area contributed by atoms with Crippen LogP contribution in [0.5, 0.6) is 0 Å². The van der Waals surface area contributed by atoms with E-state index in [-0.39, 0.29) is 12.0 Å². The Morgan fingerprint density at radius 2 is 2.00 bits per heavy atom. The highest BCUT2D eigenvalue weighted by atomic mass is 79.9. The lowest BCUT2D eigenvalue weighted by atomic mass is 10.1. The molecule has 4 nitrogen and oxygen atoms in total. The van der Waals surface area contributed by atoms with Gasteiger partial charge in [-0.3, -0.25) is 4.79 Å². The zero-order chi connectivity index (χ0) is 10.7. The standard InChI is InChI=1S/C10H16BrNO3/c11-8-1-3-12(4-2-8)10(13)9-7-14-5-6-15-9/h8-9H,1-7H2. The Morgan fingerprint density at radius 1 is 1.27 bits per heavy atom. The van der Waals surface area contributed by atoms with Crippen molar-refractivity contribution in [1.82, 2.24) is 4.90 Å². The molecule has 1 atom stereocenters. The van der Waals surface area contributed by atoms with Crippen molar-refractivity contribution in [2.45, 2.75) is 23.8 Å². The number of piperidine rings is 1. The molecule has 0 saturated carbocycles. The Hall–Kier alpha value is -0.130. The van der Waals surface area contributed by atoms with Gasteiger partial charge in [-0.25, -0.2) is 0 Å². The fraction of sp³-hybridized carbons (Fsp3) is 0.900. The molecule has 15 heavy (non-hydrogen) atoms. The van der Waals surface area contributed by atoms with E-state index in [0.29, 0.717) is 24.6 Å². The van der Waals surface area contributed by atoms with Crippen LogP contribution in [0.2, 0.25) is 0 Å². The number of carbonyl (C=O) groups is 1. The van der Waals surface area contributed by atoms with E-state index in [4.69, 9.17) is 9.47 Å². The first-order valence-electron chi connectivity index (χ1n) is 5.39. The van der Waals surface area contributed by atoms with Crippen molar-refractivity contribution in [2.24, 2.45) is 0 Å². The highest BCUT2D eigenvalue weighted by Gasteiger charge is 2.29. The van der Waals surface area contributed by atoms with Gasteiger partial charge in [0.05, 0.1) is 19.8 Å². The molecule has 0 bridgehead atoms. The van der Waals surface area contributed by atoms with Crippen LogP contribution in [0, 0.1) is 0 Å². The largest absolute Gasteiger partial charge is 0.376 e. The van der Waals surface area contributed by atoms with Crippen LogP contribution in [0.3, 0.4) is 0 Å². The van der Waals surface area contributed by atoms with Crippen molar-refractivity contribution in [3.8, 4) is 0 Å². The second-order valence-corrected chi connectivity index (χ2v) is 5.23. The Kier molecular flexibility index (Phi) is 3.99. The minimum absolute atomic E-state index is 0.0918. The molecule has 0 aliphatic carbocycles. The number of likely N-dealkylation sites (tertiary alicyclic amines) is 1. The molecule has 0 radical (unpaired) electrons. The van der Waals surface area contributed by atoms with E-state index in [9.17, 15) is 4.79 Å². The zero-order valence-electron chi connectivity index (χ0n) is 8.65. The van der Waals surface area contributed by atoms with Crippen LogP contribution in [0.1, 0.15) is 12.8 Å². The van der Waals surface area contributed by atoms with Crippen LogP contribution in [-0.2, 0) is 14.3 Å². The van der Waals surface area contributed by atoms with Crippen LogP contribution >= 0.6 is 15.9 Å². The molecule has 2 rings (SSSR count). The summed E-state index contributed by atoms with van der Waals surface area (Å²) >= 11 is 3.57. The number of hydrogen-bond donors (Lipinski definition) is 0. The lowest BCUT2D eigenvalue weighted by molar-refractivity contribution is -0.158. The van der Waals surface area contributed by atoms with Gasteiger partial charge in [0.25, 0.3) is 5.91 Å². The van der Waals surface area contributed by atoms with Crippen LogP contribution in [0.15, 0.2) is 0 Å². The maximum Gasteiger partial charge on any atom is 0.254 e. The van der Waals surface area contributed by atoms with Gasteiger partial charge in [0.1, 0.15) is 0 Å². The predicted octanol–water partition coefficient (Wildman–Crippen LogP) is 0.788. The summed E-state index contributed by atoms with van der Waals surface area (Å²) in [7, 11) is 0. The first kappa shape index (κ1) is 11.4. The highest BCUT2D eigenvalue weighted by Crippen LogP contribution is 2.18. The monoisotopic (exact) mass is 277 g/mol. The normalized spacial score (nSPS) is 29.1. The molecule has 86 valence electrons. The third-order valence-corrected chi connectivity index (χ3v) is 3.74. The predicted molar refractivity (Wildman–Crippen MR) is 59.1 cm³/mol. The summed E-state index contributed by atoms with van der Waals surface area (Å²) in [4.78, 5) is 14.4. The second-order valence-electron chi connectivity index (χ2n) is 3.93. The third kappa shape index (κ3) is 2.92. The van der Waals surface area contributed by atoms with Gasteiger partial charge in [-0.15, -0.1) is 0 Å². The molecular weight excluding hydrogens is 262 g/mol. The molecule has 1 amide bonds. The summed E-state index contributed by atoms with van der Waals surface area (Å²) in [5, 5.41) is 0. The smallest absolute Gasteiger partial charge is 0.254 e. The molecule has 2 fully saturated rings. The summed E-state index contributed by atoms with van der Waals surface area (Å²) in [5.74, 6) is 0.0918. The average Bonchev–Trinajstić information content (AvgIpc) is 2.30. The number of ether oxygens (including phenoxy) is 2. The van der Waals surface area contributed by atoms with E-state index in [2.05, 4.69) is 15.9 Å². The van der Waals surface area contributed by atoms with Crippen LogP contribution < -0.4 is 0 Å². The number of amides is 1. The second kappa shape index (κ2) is 5.27. The SMILES string of the molecule is O=C(C1COCCO1)N1CCC(Br)CC1. The van der Waals surface area contributed by atoms with Gasteiger partial charge < -0.3 is 14.4 Å². The van der Waals surface area contributed by atoms with Crippen LogP contribution in [0.4, 0.5) is 0 Å². The third-order valence-electron chi connectivity index (χ3n) is 2.83. The summed E-state index contributed by atoms with van der Waals surface area (Å²) in [5.41, 5.74) is 0. The summed E-state index contributed by atoms with van der Waals surface area (Å²) in [6.45, 7) is 3.20. The Bertz CT molecular complexity index is 223. The van der Waals surface area contributed by atoms with Crippen molar-refractivity contribution in [3.05, 3.63) is 0 Å². The molecule has 2 aliphatic rings. The Balaban J connectivity index is 1.84. The lowest BCUT2D eigenvalue weighted by Gasteiger charge is -2.33. The van der Waals surface area contributed by atoms with Gasteiger partial charge in [-0.2, -0.15) is 0 Å². The molecule has 2 aliphatic heterocycles. The average molecular weight is 278 g/mol. The molecule has 5 heteroatoms. The van der Waals surface area contributed by atoms with Gasteiger partial charge in [-0.05, 0) is 12.8 Å². The number of rotatable bonds is 1. The number of nitrogens with zero attached hydrogens (tertiary/aromatic N) is 1. The number of alkyl halides is 1. The first-order chi connectivity index (χ1) is 7.27. The maximum absolute atomic E-state index is 12.0. The molecule has 0 spiro atoms. The summed E-state index contributed by atoms with van der Waals surface area (Å²) in [6.07, 6.45) is 1.68. The van der Waals surface area contributed by atoms with Crippen molar-refractivity contribution in [3.63, 3.8) is 0 Å². The van der Waals surface area contributed by atoms with Crippen LogP contribution in [-0.4, -0.2) is 54.6 Å². The fourth-order valence-electron chi connectivity index (χ4n) is 1.90. The maximum atomic E-state index is 12.0. The lowest BCUT2D eigenvalue weighted by Crippen LogP contribution is -2.48. The van der Waals surface area contributed by atoms with Crippen LogP contribution in [0.25, 0.3) is 0 Å². The highest BCUT2D eigenvalue weighted by molar-refractivity contribution is 9.09. The number of hydrogen-bond acceptors (Lipinski definition) is 3. The van der Waals surface area contributed by atoms with Gasteiger partial charge in [0.15, 0.2) is 6.10 Å². The molecular formula is C10H16BrNO3. The topological polar surface area (TPSA) is 38.8 Å². The molecule has 1 unspecified atom stereocenters. The molecule has 0 aromatic heterocycles. The van der Waals surface area contributed by atoms with Gasteiger partial charge in [-0.1, -0.05) is 15.9 Å². The Labute approximate surface area is 98.0 Å². The minimum Gasteiger partial charge on any atom is -0.376 e. The van der Waals surface area contributed by atoms with Gasteiger partial charge in [0, 0.05) is 17.9 Å². The van der Waals surface area contributed by atoms with E-state index in [1.54, 1.807) is 0 Å². The number of halogens is 1. The van der Waals surface area contributed by atoms with Crippen molar-refractivity contribution in [1.29, 1.82) is 0 Å². The zero-order valence-corrected chi connectivity index (χ0v) is 10.2. The van der Waals surface area contributed by atoms with E-state index in [1.807, 2.05) is 4.90 Å². The first-order valence-corrected chi connectivity index (χ1v) is 6.31. The van der Waals surface area contributed by atoms with Crippen molar-refractivity contribution in [2.75, 3.05) is 32.9 Å². The summed E-state index contributed by atoms with van der Waals surface area (Å²) < 4.78 is 10.6.